The number of benzene rings is 3. The minimum absolute atomic E-state index is 0.0405. The second-order valence-corrected chi connectivity index (χ2v) is 8.36. The number of hydrogen-bond donors (Lipinski definition) is 1. The van der Waals surface area contributed by atoms with E-state index in [1.165, 1.54) is 6.07 Å². The van der Waals surface area contributed by atoms with Gasteiger partial charge in [0.15, 0.2) is 0 Å². The van der Waals surface area contributed by atoms with E-state index in [4.69, 9.17) is 0 Å². The monoisotopic (exact) mass is 450 g/mol. The summed E-state index contributed by atoms with van der Waals surface area (Å²) >= 11 is 0. The van der Waals surface area contributed by atoms with Gasteiger partial charge in [-0.25, -0.2) is 0 Å². The van der Waals surface area contributed by atoms with Crippen LogP contribution in [0.4, 0.5) is 13.2 Å². The van der Waals surface area contributed by atoms with E-state index in [0.717, 1.165) is 39.7 Å². The van der Waals surface area contributed by atoms with Gasteiger partial charge in [-0.15, -0.1) is 0 Å². The first-order chi connectivity index (χ1) is 15.7. The van der Waals surface area contributed by atoms with Crippen LogP contribution in [0.1, 0.15) is 40.2 Å². The van der Waals surface area contributed by atoms with Crippen molar-refractivity contribution >= 4 is 16.8 Å². The van der Waals surface area contributed by atoms with Crippen LogP contribution in [0.15, 0.2) is 79.0 Å². The number of nitrogens with one attached hydrogen (secondary N) is 1. The maximum atomic E-state index is 13.0. The van der Waals surface area contributed by atoms with Crippen molar-refractivity contribution < 1.29 is 18.0 Å². The van der Waals surface area contributed by atoms with Gasteiger partial charge in [-0.05, 0) is 41.8 Å². The van der Waals surface area contributed by atoms with Crippen molar-refractivity contribution in [2.45, 2.75) is 32.0 Å². The van der Waals surface area contributed by atoms with E-state index >= 15 is 0 Å². The molecule has 3 aromatic carbocycles. The fourth-order valence-corrected chi connectivity index (χ4v) is 4.26. The van der Waals surface area contributed by atoms with Gasteiger partial charge in [0.25, 0.3) is 0 Å². The van der Waals surface area contributed by atoms with Gasteiger partial charge in [0.2, 0.25) is 5.91 Å². The average Bonchev–Trinajstić information content (AvgIpc) is 3.12. The Kier molecular flexibility index (Phi) is 6.27. The minimum Gasteiger partial charge on any atom is -0.352 e. The molecule has 1 heterocycles. The van der Waals surface area contributed by atoms with Crippen LogP contribution in [-0.4, -0.2) is 10.5 Å². The van der Waals surface area contributed by atoms with E-state index in [1.807, 2.05) is 61.0 Å². The fraction of sp³-hybridized carbons (Fsp3) is 0.222. The van der Waals surface area contributed by atoms with Crippen molar-refractivity contribution in [1.29, 1.82) is 0 Å². The molecule has 0 aliphatic carbocycles. The summed E-state index contributed by atoms with van der Waals surface area (Å²) in [6.45, 7) is 2.05. The molecule has 1 unspecified atom stereocenters. The Balaban J connectivity index is 1.59. The zero-order valence-corrected chi connectivity index (χ0v) is 18.5. The summed E-state index contributed by atoms with van der Waals surface area (Å²) in [6, 6.07) is 21.2. The molecule has 0 aliphatic heterocycles. The minimum atomic E-state index is -4.41. The van der Waals surface area contributed by atoms with Gasteiger partial charge in [-0.2, -0.15) is 13.2 Å². The lowest BCUT2D eigenvalue weighted by Gasteiger charge is -2.18. The molecule has 1 atom stereocenters. The molecule has 0 radical (unpaired) electrons. The molecule has 1 N–H and O–H groups in total. The van der Waals surface area contributed by atoms with Crippen LogP contribution >= 0.6 is 0 Å². The molecule has 1 amide bonds. The SMILES string of the molecule is Cc1cccc(C(CC(=O)NCc2cccc(C(F)(F)F)c2)c2cn(C)c3ccccc23)c1. The fourth-order valence-electron chi connectivity index (χ4n) is 4.26. The molecule has 0 fully saturated rings. The summed E-state index contributed by atoms with van der Waals surface area (Å²) in [6.07, 6.45) is -2.17. The highest BCUT2D eigenvalue weighted by molar-refractivity contribution is 5.86. The second-order valence-electron chi connectivity index (χ2n) is 8.36. The van der Waals surface area contributed by atoms with Crippen molar-refractivity contribution in [3.63, 3.8) is 0 Å². The molecular weight excluding hydrogens is 425 g/mol. The molecule has 4 rings (SSSR count). The number of nitrogens with zero attached hydrogens (tertiary/aromatic N) is 1. The number of carbonyl (C=O) groups is 1. The summed E-state index contributed by atoms with van der Waals surface area (Å²) < 4.78 is 41.0. The van der Waals surface area contributed by atoms with Crippen molar-refractivity contribution in [1.82, 2.24) is 9.88 Å². The molecule has 0 saturated heterocycles. The molecule has 33 heavy (non-hydrogen) atoms. The van der Waals surface area contributed by atoms with Gasteiger partial charge in [-0.3, -0.25) is 4.79 Å². The Morgan fingerprint density at radius 2 is 1.76 bits per heavy atom. The summed E-state index contributed by atoms with van der Waals surface area (Å²) in [5.74, 6) is -0.399. The van der Waals surface area contributed by atoms with E-state index in [1.54, 1.807) is 6.07 Å². The highest BCUT2D eigenvalue weighted by atomic mass is 19.4. The van der Waals surface area contributed by atoms with Crippen LogP contribution in [-0.2, 0) is 24.6 Å². The Hall–Kier alpha value is -3.54. The molecule has 0 bridgehead atoms. The summed E-state index contributed by atoms with van der Waals surface area (Å²) in [5, 5.41) is 3.88. The number of aryl methyl sites for hydroxylation is 2. The van der Waals surface area contributed by atoms with Crippen molar-refractivity contribution in [2.24, 2.45) is 7.05 Å². The zero-order chi connectivity index (χ0) is 23.6. The second kappa shape index (κ2) is 9.14. The average molecular weight is 451 g/mol. The van der Waals surface area contributed by atoms with Crippen LogP contribution in [0.2, 0.25) is 0 Å². The van der Waals surface area contributed by atoms with Crippen LogP contribution in [0.3, 0.4) is 0 Å². The van der Waals surface area contributed by atoms with Gasteiger partial charge in [-0.1, -0.05) is 60.2 Å². The van der Waals surface area contributed by atoms with Gasteiger partial charge in [0.1, 0.15) is 0 Å². The quantitative estimate of drug-likeness (QED) is 0.365. The van der Waals surface area contributed by atoms with Gasteiger partial charge in [0, 0.05) is 43.0 Å². The number of carbonyl (C=O) groups excluding carboxylic acids is 1. The third-order valence-electron chi connectivity index (χ3n) is 5.88. The van der Waals surface area contributed by atoms with Crippen molar-refractivity contribution in [3.8, 4) is 0 Å². The van der Waals surface area contributed by atoms with Crippen LogP contribution in [0.25, 0.3) is 10.9 Å². The number of alkyl halides is 3. The van der Waals surface area contributed by atoms with Crippen LogP contribution < -0.4 is 5.32 Å². The maximum absolute atomic E-state index is 13.0. The number of rotatable bonds is 6. The molecule has 1 aromatic heterocycles. The third kappa shape index (κ3) is 5.11. The smallest absolute Gasteiger partial charge is 0.352 e. The lowest BCUT2D eigenvalue weighted by Crippen LogP contribution is -2.25. The first-order valence-corrected chi connectivity index (χ1v) is 10.8. The van der Waals surface area contributed by atoms with E-state index in [0.29, 0.717) is 5.56 Å². The van der Waals surface area contributed by atoms with Crippen molar-refractivity contribution in [2.75, 3.05) is 0 Å². The molecule has 170 valence electrons. The molecule has 0 aliphatic rings. The number of para-hydroxylation sites is 1. The van der Waals surface area contributed by atoms with Gasteiger partial charge >= 0.3 is 6.18 Å². The normalized spacial score (nSPS) is 12.6. The Labute approximate surface area is 190 Å². The third-order valence-corrected chi connectivity index (χ3v) is 5.88. The molecule has 3 nitrogen and oxygen atoms in total. The first-order valence-electron chi connectivity index (χ1n) is 10.8. The van der Waals surface area contributed by atoms with Crippen molar-refractivity contribution in [3.05, 3.63) is 107 Å². The van der Waals surface area contributed by atoms with E-state index < -0.39 is 11.7 Å². The zero-order valence-electron chi connectivity index (χ0n) is 18.5. The van der Waals surface area contributed by atoms with E-state index in [-0.39, 0.29) is 24.8 Å². The van der Waals surface area contributed by atoms with Crippen LogP contribution in [0.5, 0.6) is 0 Å². The summed E-state index contributed by atoms with van der Waals surface area (Å²) in [5.41, 5.74) is 3.95. The van der Waals surface area contributed by atoms with E-state index in [2.05, 4.69) is 17.6 Å². The predicted molar refractivity (Wildman–Crippen MR) is 124 cm³/mol. The van der Waals surface area contributed by atoms with Gasteiger partial charge < -0.3 is 9.88 Å². The number of hydrogen-bond acceptors (Lipinski definition) is 1. The standard InChI is InChI=1S/C27H25F3N2O/c1-18-7-5-9-20(13-18)23(24-17-32(2)25-12-4-3-11-22(24)25)15-26(33)31-16-19-8-6-10-21(14-19)27(28,29)30/h3-14,17,23H,15-16H2,1-2H3,(H,31,33). The largest absolute Gasteiger partial charge is 0.416 e. The van der Waals surface area contributed by atoms with E-state index in [9.17, 15) is 18.0 Å². The maximum Gasteiger partial charge on any atom is 0.416 e. The Morgan fingerprint density at radius 3 is 2.52 bits per heavy atom. The molecule has 4 aromatic rings. The molecular formula is C27H25F3N2O. The Morgan fingerprint density at radius 1 is 1.00 bits per heavy atom. The van der Waals surface area contributed by atoms with Gasteiger partial charge in [0.05, 0.1) is 5.56 Å². The highest BCUT2D eigenvalue weighted by Crippen LogP contribution is 2.35. The predicted octanol–water partition coefficient (Wildman–Crippen LogP) is 6.34. The lowest BCUT2D eigenvalue weighted by molar-refractivity contribution is -0.137. The number of amides is 1. The lowest BCUT2D eigenvalue weighted by atomic mass is 9.87. The van der Waals surface area contributed by atoms with Crippen LogP contribution in [0, 0.1) is 6.92 Å². The molecule has 0 spiro atoms. The summed E-state index contributed by atoms with van der Waals surface area (Å²) in [4.78, 5) is 12.9. The molecule has 6 heteroatoms. The number of aromatic nitrogens is 1. The first kappa shape index (κ1) is 22.6. The highest BCUT2D eigenvalue weighted by Gasteiger charge is 2.30. The summed E-state index contributed by atoms with van der Waals surface area (Å²) in [7, 11) is 1.98. The number of halogens is 3. The molecule has 0 saturated carbocycles. The number of fused-ring (bicyclic) bond motifs is 1. The topological polar surface area (TPSA) is 34.0 Å². The Bertz CT molecular complexity index is 1290.